The summed E-state index contributed by atoms with van der Waals surface area (Å²) in [6, 6.07) is 23.6. The van der Waals surface area contributed by atoms with E-state index in [4.69, 9.17) is 4.74 Å². The summed E-state index contributed by atoms with van der Waals surface area (Å²) in [5, 5.41) is 10.9. The average Bonchev–Trinajstić information content (AvgIpc) is 3.26. The summed E-state index contributed by atoms with van der Waals surface area (Å²) in [6.07, 6.45) is 1.15. The Morgan fingerprint density at radius 1 is 0.971 bits per heavy atom. The number of hydrogen-bond donors (Lipinski definition) is 2. The molecule has 1 fully saturated rings. The highest BCUT2D eigenvalue weighted by molar-refractivity contribution is 5.91. The molecule has 2 N–H and O–H groups in total. The Morgan fingerprint density at radius 3 is 2.47 bits per heavy atom. The summed E-state index contributed by atoms with van der Waals surface area (Å²) in [4.78, 5) is 20.8. The molecule has 2 heterocycles. The van der Waals surface area contributed by atoms with Gasteiger partial charge >= 0.3 is 0 Å². The van der Waals surface area contributed by atoms with E-state index < -0.39 is 0 Å². The normalized spacial score (nSPS) is 13.9. The van der Waals surface area contributed by atoms with Crippen molar-refractivity contribution in [3.05, 3.63) is 78.4 Å². The Bertz CT molecular complexity index is 1290. The topological polar surface area (TPSA) is 68.8 Å². The number of nitrogens with one attached hydrogen (secondary N) is 1. The van der Waals surface area contributed by atoms with Crippen molar-refractivity contribution in [2.75, 3.05) is 38.2 Å². The lowest BCUT2D eigenvalue weighted by Crippen LogP contribution is -2.48. The minimum absolute atomic E-state index is 0.182. The number of nitrogens with zero attached hydrogens (tertiary/aromatic N) is 2. The number of piperazine rings is 1. The van der Waals surface area contributed by atoms with Crippen LogP contribution >= 0.6 is 0 Å². The van der Waals surface area contributed by atoms with Gasteiger partial charge in [0.2, 0.25) is 5.91 Å². The van der Waals surface area contributed by atoms with Crippen molar-refractivity contribution < 1.29 is 14.6 Å². The van der Waals surface area contributed by atoms with Crippen LogP contribution in [0.5, 0.6) is 11.5 Å². The number of aryl methyl sites for hydroxylation is 1. The Labute approximate surface area is 199 Å². The number of amides is 1. The van der Waals surface area contributed by atoms with Gasteiger partial charge in [-0.05, 0) is 60.0 Å². The number of phenolic OH excluding ortho intramolecular Hbond substituents is 1. The second-order valence-electron chi connectivity index (χ2n) is 8.64. The fourth-order valence-electron chi connectivity index (χ4n) is 4.76. The lowest BCUT2D eigenvalue weighted by Gasteiger charge is -2.36. The number of rotatable bonds is 6. The molecule has 0 saturated carbocycles. The Balaban J connectivity index is 1.29. The number of anilines is 1. The fourth-order valence-corrected chi connectivity index (χ4v) is 4.76. The van der Waals surface area contributed by atoms with Gasteiger partial charge in [-0.2, -0.15) is 0 Å². The SMILES string of the molecule is COc1ccc(-c2[nH]c3ccccc3c2CCC(=O)N2CCN(c3cccc(O)c3)CC2)cc1. The fraction of sp³-hybridized carbons (Fsp3) is 0.250. The molecule has 0 bridgehead atoms. The first-order valence-corrected chi connectivity index (χ1v) is 11.7. The Morgan fingerprint density at radius 2 is 1.74 bits per heavy atom. The molecule has 3 aromatic carbocycles. The third-order valence-corrected chi connectivity index (χ3v) is 6.61. The molecular weight excluding hydrogens is 426 g/mol. The highest BCUT2D eigenvalue weighted by Crippen LogP contribution is 2.32. The van der Waals surface area contributed by atoms with Crippen molar-refractivity contribution in [2.24, 2.45) is 0 Å². The number of carbonyl (C=O) groups excluding carboxylic acids is 1. The number of aromatic amines is 1. The van der Waals surface area contributed by atoms with Crippen molar-refractivity contribution in [2.45, 2.75) is 12.8 Å². The number of para-hydroxylation sites is 1. The third kappa shape index (κ3) is 4.44. The Hall–Kier alpha value is -3.93. The van der Waals surface area contributed by atoms with E-state index in [2.05, 4.69) is 34.1 Å². The number of carbonyl (C=O) groups is 1. The zero-order valence-electron chi connectivity index (χ0n) is 19.3. The van der Waals surface area contributed by atoms with Crippen molar-refractivity contribution in [1.29, 1.82) is 0 Å². The number of aromatic nitrogens is 1. The van der Waals surface area contributed by atoms with Crippen LogP contribution < -0.4 is 9.64 Å². The van der Waals surface area contributed by atoms with Crippen LogP contribution in [0, 0.1) is 0 Å². The van der Waals surface area contributed by atoms with Crippen LogP contribution in [-0.2, 0) is 11.2 Å². The van der Waals surface area contributed by atoms with Crippen molar-refractivity contribution in [1.82, 2.24) is 9.88 Å². The van der Waals surface area contributed by atoms with Gasteiger partial charge < -0.3 is 24.6 Å². The number of aromatic hydroxyl groups is 1. The number of methoxy groups -OCH3 is 1. The van der Waals surface area contributed by atoms with Gasteiger partial charge in [-0.3, -0.25) is 4.79 Å². The highest BCUT2D eigenvalue weighted by atomic mass is 16.5. The largest absolute Gasteiger partial charge is 0.508 e. The van der Waals surface area contributed by atoms with Crippen LogP contribution in [0.15, 0.2) is 72.8 Å². The summed E-state index contributed by atoms with van der Waals surface area (Å²) in [6.45, 7) is 2.90. The molecule has 6 nitrogen and oxygen atoms in total. The lowest BCUT2D eigenvalue weighted by atomic mass is 10.0. The smallest absolute Gasteiger partial charge is 0.223 e. The van der Waals surface area contributed by atoms with Crippen LogP contribution in [0.2, 0.25) is 0 Å². The molecule has 1 saturated heterocycles. The monoisotopic (exact) mass is 455 g/mol. The number of benzene rings is 3. The van der Waals surface area contributed by atoms with E-state index in [-0.39, 0.29) is 11.7 Å². The molecule has 4 aromatic rings. The zero-order valence-corrected chi connectivity index (χ0v) is 19.3. The van der Waals surface area contributed by atoms with Gasteiger partial charge in [0, 0.05) is 61.0 Å². The average molecular weight is 456 g/mol. The van der Waals surface area contributed by atoms with E-state index in [0.717, 1.165) is 46.7 Å². The second kappa shape index (κ2) is 9.51. The summed E-state index contributed by atoms with van der Waals surface area (Å²) in [5.74, 6) is 1.27. The molecule has 6 heteroatoms. The second-order valence-corrected chi connectivity index (χ2v) is 8.64. The van der Waals surface area contributed by atoms with E-state index in [9.17, 15) is 9.90 Å². The van der Waals surface area contributed by atoms with Crippen LogP contribution in [0.4, 0.5) is 5.69 Å². The van der Waals surface area contributed by atoms with Crippen LogP contribution in [0.1, 0.15) is 12.0 Å². The van der Waals surface area contributed by atoms with Crippen LogP contribution in [-0.4, -0.2) is 54.2 Å². The molecule has 1 aliphatic heterocycles. The van der Waals surface area contributed by atoms with E-state index in [1.807, 2.05) is 41.3 Å². The number of fused-ring (bicyclic) bond motifs is 1. The Kier molecular flexibility index (Phi) is 6.12. The zero-order chi connectivity index (χ0) is 23.5. The van der Waals surface area contributed by atoms with Gasteiger partial charge in [-0.15, -0.1) is 0 Å². The standard InChI is InChI=1S/C28H29N3O3/c1-34-23-11-9-20(10-12-23)28-25(24-7-2-3-8-26(24)29-28)13-14-27(33)31-17-15-30(16-18-31)21-5-4-6-22(32)19-21/h2-12,19,29,32H,13-18H2,1H3. The molecule has 0 unspecified atom stereocenters. The molecule has 1 aliphatic rings. The van der Waals surface area contributed by atoms with E-state index >= 15 is 0 Å². The van der Waals surface area contributed by atoms with Gasteiger partial charge in [-0.1, -0.05) is 24.3 Å². The van der Waals surface area contributed by atoms with Gasteiger partial charge in [0.1, 0.15) is 11.5 Å². The molecule has 0 radical (unpaired) electrons. The van der Waals surface area contributed by atoms with Crippen molar-refractivity contribution >= 4 is 22.5 Å². The predicted molar refractivity (Wildman–Crippen MR) is 136 cm³/mol. The van der Waals surface area contributed by atoms with Crippen molar-refractivity contribution in [3.63, 3.8) is 0 Å². The van der Waals surface area contributed by atoms with Gasteiger partial charge in [0.15, 0.2) is 0 Å². The highest BCUT2D eigenvalue weighted by Gasteiger charge is 2.22. The first kappa shape index (κ1) is 21.9. The summed E-state index contributed by atoms with van der Waals surface area (Å²) < 4.78 is 5.31. The summed E-state index contributed by atoms with van der Waals surface area (Å²) in [7, 11) is 1.67. The molecule has 5 rings (SSSR count). The lowest BCUT2D eigenvalue weighted by molar-refractivity contribution is -0.131. The van der Waals surface area contributed by atoms with Crippen LogP contribution in [0.3, 0.4) is 0 Å². The van der Waals surface area contributed by atoms with E-state index in [1.54, 1.807) is 19.2 Å². The quantitative estimate of drug-likeness (QED) is 0.437. The van der Waals surface area contributed by atoms with Gasteiger partial charge in [0.05, 0.1) is 7.11 Å². The maximum atomic E-state index is 13.1. The molecule has 0 spiro atoms. The molecule has 34 heavy (non-hydrogen) atoms. The summed E-state index contributed by atoms with van der Waals surface area (Å²) >= 11 is 0. The third-order valence-electron chi connectivity index (χ3n) is 6.61. The first-order valence-electron chi connectivity index (χ1n) is 11.7. The predicted octanol–water partition coefficient (Wildman–Crippen LogP) is 4.83. The number of H-pyrrole nitrogens is 1. The van der Waals surface area contributed by atoms with Gasteiger partial charge in [-0.25, -0.2) is 0 Å². The molecule has 1 amide bonds. The first-order chi connectivity index (χ1) is 16.6. The molecule has 1 aromatic heterocycles. The van der Waals surface area contributed by atoms with Crippen molar-refractivity contribution in [3.8, 4) is 22.8 Å². The summed E-state index contributed by atoms with van der Waals surface area (Å²) in [5.41, 5.74) is 5.39. The number of hydrogen-bond acceptors (Lipinski definition) is 4. The maximum absolute atomic E-state index is 13.1. The number of ether oxygens (including phenoxy) is 1. The molecular formula is C28H29N3O3. The molecule has 0 aliphatic carbocycles. The van der Waals surface area contributed by atoms with E-state index in [1.165, 1.54) is 5.56 Å². The number of phenols is 1. The molecule has 0 atom stereocenters. The van der Waals surface area contributed by atoms with Crippen LogP contribution in [0.25, 0.3) is 22.2 Å². The maximum Gasteiger partial charge on any atom is 0.223 e. The minimum Gasteiger partial charge on any atom is -0.508 e. The van der Waals surface area contributed by atoms with E-state index in [0.29, 0.717) is 25.9 Å². The minimum atomic E-state index is 0.182. The molecule has 174 valence electrons. The van der Waals surface area contributed by atoms with Gasteiger partial charge in [0.25, 0.3) is 0 Å².